The Hall–Kier alpha value is -0.860. The molecule has 1 aromatic carbocycles. The molecule has 1 saturated heterocycles. The van der Waals surface area contributed by atoms with Crippen LogP contribution >= 0.6 is 0 Å². The van der Waals surface area contributed by atoms with Gasteiger partial charge in [0.05, 0.1) is 6.61 Å². The van der Waals surface area contributed by atoms with Gasteiger partial charge in [-0.25, -0.2) is 0 Å². The average molecular weight is 261 g/mol. The number of nitrogens with one attached hydrogen (secondary N) is 1. The van der Waals surface area contributed by atoms with Crippen LogP contribution in [0, 0.1) is 5.92 Å². The van der Waals surface area contributed by atoms with Crippen molar-refractivity contribution in [1.29, 1.82) is 0 Å². The van der Waals surface area contributed by atoms with Crippen molar-refractivity contribution in [3.05, 3.63) is 35.4 Å². The first-order valence-electron chi connectivity index (χ1n) is 7.44. The lowest BCUT2D eigenvalue weighted by Crippen LogP contribution is -2.34. The fourth-order valence-electron chi connectivity index (χ4n) is 2.98. The molecule has 0 amide bonds. The molecule has 2 unspecified atom stereocenters. The number of rotatable bonds is 3. The minimum Gasteiger partial charge on any atom is -0.396 e. The van der Waals surface area contributed by atoms with Crippen molar-refractivity contribution in [2.24, 2.45) is 5.92 Å². The van der Waals surface area contributed by atoms with Crippen molar-refractivity contribution >= 4 is 0 Å². The number of aliphatic hydroxyl groups excluding tert-OH is 1. The Kier molecular flexibility index (Phi) is 4.64. The number of hydrogen-bond acceptors (Lipinski definition) is 2. The van der Waals surface area contributed by atoms with Gasteiger partial charge in [-0.1, -0.05) is 45.0 Å². The lowest BCUT2D eigenvalue weighted by molar-refractivity contribution is 0.204. The molecule has 2 N–H and O–H groups in total. The molecule has 0 aliphatic carbocycles. The normalized spacial score (nSPS) is 22.2. The van der Waals surface area contributed by atoms with E-state index in [4.69, 9.17) is 0 Å². The highest BCUT2D eigenvalue weighted by molar-refractivity contribution is 5.30. The molecule has 0 saturated carbocycles. The zero-order chi connectivity index (χ0) is 13.9. The van der Waals surface area contributed by atoms with Crippen LogP contribution in [0.15, 0.2) is 24.3 Å². The lowest BCUT2D eigenvalue weighted by Gasteiger charge is -2.30. The molecule has 2 rings (SSSR count). The van der Waals surface area contributed by atoms with Gasteiger partial charge in [-0.05, 0) is 48.4 Å². The lowest BCUT2D eigenvalue weighted by atomic mass is 9.80. The maximum absolute atomic E-state index is 9.73. The molecule has 0 radical (unpaired) electrons. The minimum atomic E-state index is 0.194. The predicted molar refractivity (Wildman–Crippen MR) is 80.6 cm³/mol. The van der Waals surface area contributed by atoms with E-state index in [2.05, 4.69) is 50.4 Å². The second-order valence-electron chi connectivity index (χ2n) is 6.77. The van der Waals surface area contributed by atoms with E-state index in [1.807, 2.05) is 0 Å². The standard InChI is InChI=1S/C17H27NO/c1-17(2,3)15-8-6-13(7-9-15)16(12-19)14-5-4-10-18-11-14/h6-9,14,16,18-19H,4-5,10-12H2,1-3H3. The fraction of sp³-hybridized carbons (Fsp3) is 0.647. The molecule has 0 bridgehead atoms. The molecule has 2 atom stereocenters. The van der Waals surface area contributed by atoms with Gasteiger partial charge in [0.25, 0.3) is 0 Å². The van der Waals surface area contributed by atoms with Crippen LogP contribution in [0.2, 0.25) is 0 Å². The highest BCUT2D eigenvalue weighted by atomic mass is 16.3. The van der Waals surface area contributed by atoms with Gasteiger partial charge in [0.1, 0.15) is 0 Å². The Balaban J connectivity index is 2.14. The first-order chi connectivity index (χ1) is 9.02. The van der Waals surface area contributed by atoms with E-state index in [1.54, 1.807) is 0 Å². The molecule has 0 aromatic heterocycles. The van der Waals surface area contributed by atoms with Crippen LogP contribution < -0.4 is 5.32 Å². The SMILES string of the molecule is CC(C)(C)c1ccc(C(CO)C2CCCNC2)cc1. The summed E-state index contributed by atoms with van der Waals surface area (Å²) in [5, 5.41) is 13.2. The van der Waals surface area contributed by atoms with Crippen molar-refractivity contribution in [2.75, 3.05) is 19.7 Å². The van der Waals surface area contributed by atoms with E-state index >= 15 is 0 Å². The number of aliphatic hydroxyl groups is 1. The third-order valence-corrected chi connectivity index (χ3v) is 4.31. The zero-order valence-electron chi connectivity index (χ0n) is 12.4. The molecule has 106 valence electrons. The topological polar surface area (TPSA) is 32.3 Å². The summed E-state index contributed by atoms with van der Waals surface area (Å²) in [7, 11) is 0. The number of hydrogen-bond donors (Lipinski definition) is 2. The molecular formula is C17H27NO. The van der Waals surface area contributed by atoms with Crippen molar-refractivity contribution in [3.63, 3.8) is 0 Å². The van der Waals surface area contributed by atoms with E-state index < -0.39 is 0 Å². The van der Waals surface area contributed by atoms with Crippen molar-refractivity contribution < 1.29 is 5.11 Å². The average Bonchev–Trinajstić information content (AvgIpc) is 2.40. The summed E-state index contributed by atoms with van der Waals surface area (Å²) in [6, 6.07) is 8.84. The van der Waals surface area contributed by atoms with Crippen LogP contribution in [0.4, 0.5) is 0 Å². The van der Waals surface area contributed by atoms with Crippen LogP contribution in [-0.4, -0.2) is 24.8 Å². The molecule has 1 aliphatic rings. The fourth-order valence-corrected chi connectivity index (χ4v) is 2.98. The van der Waals surface area contributed by atoms with Gasteiger partial charge in [0, 0.05) is 5.92 Å². The van der Waals surface area contributed by atoms with Crippen LogP contribution in [0.3, 0.4) is 0 Å². The van der Waals surface area contributed by atoms with Gasteiger partial charge in [0.2, 0.25) is 0 Å². The van der Waals surface area contributed by atoms with E-state index in [1.165, 1.54) is 24.0 Å². The van der Waals surface area contributed by atoms with Crippen LogP contribution in [-0.2, 0) is 5.41 Å². The van der Waals surface area contributed by atoms with Gasteiger partial charge >= 0.3 is 0 Å². The zero-order valence-corrected chi connectivity index (χ0v) is 12.4. The highest BCUT2D eigenvalue weighted by Gasteiger charge is 2.24. The van der Waals surface area contributed by atoms with Crippen molar-refractivity contribution in [2.45, 2.75) is 44.9 Å². The Morgan fingerprint density at radius 1 is 1.26 bits per heavy atom. The summed E-state index contributed by atoms with van der Waals surface area (Å²) >= 11 is 0. The molecule has 19 heavy (non-hydrogen) atoms. The first kappa shape index (κ1) is 14.5. The Bertz CT molecular complexity index is 385. The van der Waals surface area contributed by atoms with E-state index in [0.29, 0.717) is 5.92 Å². The quantitative estimate of drug-likeness (QED) is 0.876. The molecule has 2 heteroatoms. The van der Waals surface area contributed by atoms with Crippen molar-refractivity contribution in [1.82, 2.24) is 5.32 Å². The summed E-state index contributed by atoms with van der Waals surface area (Å²) in [5.74, 6) is 0.848. The molecule has 1 aromatic rings. The summed E-state index contributed by atoms with van der Waals surface area (Å²) in [6.07, 6.45) is 2.44. The third-order valence-electron chi connectivity index (χ3n) is 4.31. The molecule has 1 fully saturated rings. The minimum absolute atomic E-state index is 0.194. The smallest absolute Gasteiger partial charge is 0.0502 e. The largest absolute Gasteiger partial charge is 0.396 e. The molecule has 1 aliphatic heterocycles. The summed E-state index contributed by atoms with van der Waals surface area (Å²) in [6.45, 7) is 9.11. The summed E-state index contributed by atoms with van der Waals surface area (Å²) in [4.78, 5) is 0. The highest BCUT2D eigenvalue weighted by Crippen LogP contribution is 2.31. The number of piperidine rings is 1. The summed E-state index contributed by atoms with van der Waals surface area (Å²) < 4.78 is 0. The molecular weight excluding hydrogens is 234 g/mol. The monoisotopic (exact) mass is 261 g/mol. The number of benzene rings is 1. The second kappa shape index (κ2) is 6.06. The Labute approximate surface area is 117 Å². The second-order valence-corrected chi connectivity index (χ2v) is 6.77. The maximum Gasteiger partial charge on any atom is 0.0502 e. The Morgan fingerprint density at radius 2 is 1.95 bits per heavy atom. The Morgan fingerprint density at radius 3 is 2.42 bits per heavy atom. The third kappa shape index (κ3) is 3.58. The van der Waals surface area contributed by atoms with E-state index in [0.717, 1.165) is 13.1 Å². The summed E-state index contributed by atoms with van der Waals surface area (Å²) in [5.41, 5.74) is 2.83. The van der Waals surface area contributed by atoms with Gasteiger partial charge in [-0.2, -0.15) is 0 Å². The molecule has 2 nitrogen and oxygen atoms in total. The first-order valence-corrected chi connectivity index (χ1v) is 7.44. The van der Waals surface area contributed by atoms with Gasteiger partial charge < -0.3 is 10.4 Å². The van der Waals surface area contributed by atoms with E-state index in [-0.39, 0.29) is 17.9 Å². The maximum atomic E-state index is 9.73. The van der Waals surface area contributed by atoms with Crippen LogP contribution in [0.5, 0.6) is 0 Å². The van der Waals surface area contributed by atoms with Crippen molar-refractivity contribution in [3.8, 4) is 0 Å². The van der Waals surface area contributed by atoms with Gasteiger partial charge in [0.15, 0.2) is 0 Å². The van der Waals surface area contributed by atoms with Gasteiger partial charge in [-0.15, -0.1) is 0 Å². The van der Waals surface area contributed by atoms with Crippen LogP contribution in [0.25, 0.3) is 0 Å². The molecule has 0 spiro atoms. The molecule has 1 heterocycles. The predicted octanol–water partition coefficient (Wildman–Crippen LogP) is 3.06. The van der Waals surface area contributed by atoms with E-state index in [9.17, 15) is 5.11 Å². The van der Waals surface area contributed by atoms with Gasteiger partial charge in [-0.3, -0.25) is 0 Å². The van der Waals surface area contributed by atoms with Crippen LogP contribution in [0.1, 0.15) is 50.7 Å².